The highest BCUT2D eigenvalue weighted by Crippen LogP contribution is 2.43. The van der Waals surface area contributed by atoms with Crippen molar-refractivity contribution in [3.05, 3.63) is 23.8 Å². The van der Waals surface area contributed by atoms with E-state index in [0.29, 0.717) is 6.42 Å². The first-order chi connectivity index (χ1) is 9.41. The zero-order valence-electron chi connectivity index (χ0n) is 12.5. The molecule has 118 valence electrons. The molecule has 0 bridgehead atoms. The van der Waals surface area contributed by atoms with Gasteiger partial charge in [0.15, 0.2) is 0 Å². The molecule has 1 aromatic carbocycles. The highest BCUT2D eigenvalue weighted by molar-refractivity contribution is 5.49. The van der Waals surface area contributed by atoms with Crippen LogP contribution in [0.3, 0.4) is 0 Å². The van der Waals surface area contributed by atoms with Gasteiger partial charge >= 0.3 is 6.18 Å². The van der Waals surface area contributed by atoms with E-state index >= 15 is 0 Å². The van der Waals surface area contributed by atoms with E-state index in [2.05, 4.69) is 0 Å². The summed E-state index contributed by atoms with van der Waals surface area (Å²) in [6.07, 6.45) is -4.46. The van der Waals surface area contributed by atoms with Crippen LogP contribution in [0.4, 0.5) is 18.9 Å². The molecule has 21 heavy (non-hydrogen) atoms. The second kappa shape index (κ2) is 4.80. The van der Waals surface area contributed by atoms with Crippen molar-refractivity contribution in [1.29, 1.82) is 0 Å². The summed E-state index contributed by atoms with van der Waals surface area (Å²) in [6.45, 7) is 7.42. The van der Waals surface area contributed by atoms with Crippen LogP contribution in [-0.4, -0.2) is 17.3 Å². The standard InChI is InChI=1S/C15H20F3NO2/c1-13(2)8-12(14(3,4)21-13)20-11-6-5-9(19)7-10(11)15(16,17)18/h5-7,12H,8,19H2,1-4H3. The summed E-state index contributed by atoms with van der Waals surface area (Å²) in [5.74, 6) is -0.212. The minimum Gasteiger partial charge on any atom is -0.487 e. The topological polar surface area (TPSA) is 44.5 Å². The molecule has 1 saturated heterocycles. The SMILES string of the molecule is CC1(C)CC(Oc2ccc(N)cc2C(F)(F)F)C(C)(C)O1. The lowest BCUT2D eigenvalue weighted by atomic mass is 9.97. The molecular formula is C15H20F3NO2. The first kappa shape index (κ1) is 15.9. The number of benzene rings is 1. The maximum atomic E-state index is 13.1. The summed E-state index contributed by atoms with van der Waals surface area (Å²) in [7, 11) is 0. The largest absolute Gasteiger partial charge is 0.487 e. The highest BCUT2D eigenvalue weighted by Gasteiger charge is 2.48. The van der Waals surface area contributed by atoms with Crippen molar-refractivity contribution in [2.24, 2.45) is 0 Å². The lowest BCUT2D eigenvalue weighted by molar-refractivity contribution is -0.140. The minimum absolute atomic E-state index is 0.0527. The van der Waals surface area contributed by atoms with Gasteiger partial charge in [0.1, 0.15) is 17.5 Å². The van der Waals surface area contributed by atoms with Crippen LogP contribution in [0.15, 0.2) is 18.2 Å². The van der Waals surface area contributed by atoms with Gasteiger partial charge in [-0.25, -0.2) is 0 Å². The Morgan fingerprint density at radius 1 is 1.24 bits per heavy atom. The zero-order valence-corrected chi connectivity index (χ0v) is 12.5. The molecule has 1 aliphatic heterocycles. The first-order valence-corrected chi connectivity index (χ1v) is 6.74. The molecule has 0 saturated carbocycles. The van der Waals surface area contributed by atoms with Crippen molar-refractivity contribution in [2.75, 3.05) is 5.73 Å². The Kier molecular flexibility index (Phi) is 3.64. The van der Waals surface area contributed by atoms with Crippen LogP contribution in [0.2, 0.25) is 0 Å². The van der Waals surface area contributed by atoms with Gasteiger partial charge in [-0.05, 0) is 45.9 Å². The number of anilines is 1. The van der Waals surface area contributed by atoms with Gasteiger partial charge in [-0.1, -0.05) is 0 Å². The Hall–Kier alpha value is -1.43. The Bertz CT molecular complexity index is 538. The van der Waals surface area contributed by atoms with E-state index in [1.54, 1.807) is 0 Å². The fourth-order valence-corrected chi connectivity index (χ4v) is 2.72. The third-order valence-corrected chi connectivity index (χ3v) is 3.57. The molecule has 1 aromatic rings. The van der Waals surface area contributed by atoms with Crippen molar-refractivity contribution in [2.45, 2.75) is 57.6 Å². The lowest BCUT2D eigenvalue weighted by Gasteiger charge is -2.28. The Morgan fingerprint density at radius 3 is 2.33 bits per heavy atom. The van der Waals surface area contributed by atoms with E-state index in [1.807, 2.05) is 27.7 Å². The fourth-order valence-electron chi connectivity index (χ4n) is 2.72. The Balaban J connectivity index is 2.32. The van der Waals surface area contributed by atoms with Crippen LogP contribution in [0.1, 0.15) is 39.7 Å². The number of ether oxygens (including phenoxy) is 2. The van der Waals surface area contributed by atoms with Crippen LogP contribution < -0.4 is 10.5 Å². The predicted octanol–water partition coefficient (Wildman–Crippen LogP) is 4.01. The number of halogens is 3. The van der Waals surface area contributed by atoms with Crippen LogP contribution in [0, 0.1) is 0 Å². The normalized spacial score (nSPS) is 24.0. The van der Waals surface area contributed by atoms with Gasteiger partial charge in [-0.2, -0.15) is 13.2 Å². The summed E-state index contributed by atoms with van der Waals surface area (Å²) in [4.78, 5) is 0. The molecule has 0 spiro atoms. The number of nitrogens with two attached hydrogens (primary N) is 1. The summed E-state index contributed by atoms with van der Waals surface area (Å²) >= 11 is 0. The van der Waals surface area contributed by atoms with Crippen LogP contribution in [0.5, 0.6) is 5.75 Å². The third kappa shape index (κ3) is 3.43. The van der Waals surface area contributed by atoms with Gasteiger partial charge in [0, 0.05) is 12.1 Å². The minimum atomic E-state index is -4.51. The number of rotatable bonds is 2. The molecule has 1 aliphatic rings. The quantitative estimate of drug-likeness (QED) is 0.839. The Morgan fingerprint density at radius 2 is 1.86 bits per heavy atom. The predicted molar refractivity (Wildman–Crippen MR) is 74.1 cm³/mol. The fraction of sp³-hybridized carbons (Fsp3) is 0.600. The van der Waals surface area contributed by atoms with Crippen molar-refractivity contribution >= 4 is 5.69 Å². The summed E-state index contributed by atoms with van der Waals surface area (Å²) in [5, 5.41) is 0. The third-order valence-electron chi connectivity index (χ3n) is 3.57. The molecule has 1 fully saturated rings. The second-order valence-electron chi connectivity index (χ2n) is 6.53. The van der Waals surface area contributed by atoms with Gasteiger partial charge in [0.2, 0.25) is 0 Å². The van der Waals surface area contributed by atoms with Crippen molar-refractivity contribution in [3.63, 3.8) is 0 Å². The van der Waals surface area contributed by atoms with Crippen molar-refractivity contribution < 1.29 is 22.6 Å². The van der Waals surface area contributed by atoms with E-state index < -0.39 is 29.0 Å². The maximum Gasteiger partial charge on any atom is 0.420 e. The molecular weight excluding hydrogens is 283 g/mol. The average Bonchev–Trinajstić information content (AvgIpc) is 2.47. The molecule has 1 unspecified atom stereocenters. The monoisotopic (exact) mass is 303 g/mol. The van der Waals surface area contributed by atoms with E-state index in [4.69, 9.17) is 15.2 Å². The summed E-state index contributed by atoms with van der Waals surface area (Å²) in [6, 6.07) is 3.56. The molecule has 3 nitrogen and oxygen atoms in total. The lowest BCUT2D eigenvalue weighted by Crippen LogP contribution is -2.37. The smallest absolute Gasteiger partial charge is 0.420 e. The molecule has 0 radical (unpaired) electrons. The van der Waals surface area contributed by atoms with E-state index in [9.17, 15) is 13.2 Å². The molecule has 0 amide bonds. The number of alkyl halides is 3. The second-order valence-corrected chi connectivity index (χ2v) is 6.53. The molecule has 1 atom stereocenters. The van der Waals surface area contributed by atoms with Crippen molar-refractivity contribution in [1.82, 2.24) is 0 Å². The maximum absolute atomic E-state index is 13.1. The van der Waals surface area contributed by atoms with Gasteiger partial charge in [-0.15, -0.1) is 0 Å². The van der Waals surface area contributed by atoms with Crippen LogP contribution in [0.25, 0.3) is 0 Å². The van der Waals surface area contributed by atoms with E-state index in [-0.39, 0.29) is 11.4 Å². The average molecular weight is 303 g/mol. The van der Waals surface area contributed by atoms with Gasteiger partial charge in [-0.3, -0.25) is 0 Å². The summed E-state index contributed by atoms with van der Waals surface area (Å²) in [5.41, 5.74) is 3.55. The zero-order chi connectivity index (χ0) is 16.1. The highest BCUT2D eigenvalue weighted by atomic mass is 19.4. The van der Waals surface area contributed by atoms with Crippen molar-refractivity contribution in [3.8, 4) is 5.75 Å². The van der Waals surface area contributed by atoms with Crippen LogP contribution >= 0.6 is 0 Å². The molecule has 0 aromatic heterocycles. The molecule has 6 heteroatoms. The van der Waals surface area contributed by atoms with Gasteiger partial charge in [0.05, 0.1) is 11.2 Å². The van der Waals surface area contributed by atoms with E-state index in [1.165, 1.54) is 12.1 Å². The summed E-state index contributed by atoms with van der Waals surface area (Å²) < 4.78 is 50.7. The van der Waals surface area contributed by atoms with Crippen LogP contribution in [-0.2, 0) is 10.9 Å². The van der Waals surface area contributed by atoms with E-state index in [0.717, 1.165) is 6.07 Å². The van der Waals surface area contributed by atoms with Gasteiger partial charge in [0.25, 0.3) is 0 Å². The molecule has 0 aliphatic carbocycles. The molecule has 2 rings (SSSR count). The first-order valence-electron chi connectivity index (χ1n) is 6.74. The molecule has 1 heterocycles. The Labute approximate surface area is 122 Å². The number of hydrogen-bond acceptors (Lipinski definition) is 3. The molecule has 2 N–H and O–H groups in total. The van der Waals surface area contributed by atoms with Gasteiger partial charge < -0.3 is 15.2 Å². The number of hydrogen-bond donors (Lipinski definition) is 1. The number of nitrogen functional groups attached to an aromatic ring is 1.